The molecule has 0 aliphatic carbocycles. The summed E-state index contributed by atoms with van der Waals surface area (Å²) in [6.07, 6.45) is 1.29. The van der Waals surface area contributed by atoms with Crippen LogP contribution in [0.15, 0.2) is 18.2 Å². The van der Waals surface area contributed by atoms with Crippen LogP contribution in [0.25, 0.3) is 0 Å². The van der Waals surface area contributed by atoms with Crippen LogP contribution in [-0.2, 0) is 15.9 Å². The highest BCUT2D eigenvalue weighted by Crippen LogP contribution is 2.18. The normalized spacial score (nSPS) is 12.9. The summed E-state index contributed by atoms with van der Waals surface area (Å²) in [4.78, 5) is 0. The first-order chi connectivity index (χ1) is 10.1. The van der Waals surface area contributed by atoms with Crippen LogP contribution in [0.2, 0.25) is 5.02 Å². The average Bonchev–Trinajstić information content (AvgIpc) is 2.47. The molecule has 0 saturated heterocycles. The number of benzene rings is 1. The van der Waals surface area contributed by atoms with Gasteiger partial charge in [-0.1, -0.05) is 24.6 Å². The summed E-state index contributed by atoms with van der Waals surface area (Å²) in [5.74, 6) is -0.396. The largest absolute Gasteiger partial charge is 0.351 e. The number of nitrogens with one attached hydrogen (secondary N) is 1. The molecule has 0 spiro atoms. The van der Waals surface area contributed by atoms with Gasteiger partial charge < -0.3 is 14.8 Å². The molecule has 1 unspecified atom stereocenters. The molecule has 0 aromatic heterocycles. The van der Waals surface area contributed by atoms with Crippen LogP contribution in [0.1, 0.15) is 32.8 Å². The topological polar surface area (TPSA) is 30.5 Å². The van der Waals surface area contributed by atoms with Crippen LogP contribution in [0, 0.1) is 5.82 Å². The van der Waals surface area contributed by atoms with Crippen LogP contribution in [0.5, 0.6) is 0 Å². The molecule has 0 amide bonds. The second-order valence-corrected chi connectivity index (χ2v) is 5.20. The van der Waals surface area contributed by atoms with Crippen molar-refractivity contribution in [2.24, 2.45) is 0 Å². The molecule has 5 heteroatoms. The van der Waals surface area contributed by atoms with E-state index in [4.69, 9.17) is 21.1 Å². The van der Waals surface area contributed by atoms with Crippen molar-refractivity contribution in [3.05, 3.63) is 34.6 Å². The summed E-state index contributed by atoms with van der Waals surface area (Å²) in [5, 5.41) is 3.56. The van der Waals surface area contributed by atoms with E-state index in [1.54, 1.807) is 6.07 Å². The number of ether oxygens (including phenoxy) is 2. The van der Waals surface area contributed by atoms with Gasteiger partial charge in [-0.2, -0.15) is 0 Å². The van der Waals surface area contributed by atoms with Crippen LogP contribution in [-0.4, -0.2) is 32.1 Å². The van der Waals surface area contributed by atoms with E-state index in [2.05, 4.69) is 12.2 Å². The summed E-state index contributed by atoms with van der Waals surface area (Å²) in [5.41, 5.74) is 0.870. The molecule has 0 aliphatic rings. The molecule has 1 N–H and O–H groups in total. The van der Waals surface area contributed by atoms with Crippen molar-refractivity contribution >= 4 is 11.6 Å². The maximum absolute atomic E-state index is 13.6. The molecule has 1 aromatic carbocycles. The highest BCUT2D eigenvalue weighted by Gasteiger charge is 2.22. The van der Waals surface area contributed by atoms with E-state index in [1.807, 2.05) is 19.9 Å². The average molecular weight is 318 g/mol. The minimum absolute atomic E-state index is 0.0228. The summed E-state index contributed by atoms with van der Waals surface area (Å²) >= 11 is 5.72. The van der Waals surface area contributed by atoms with Gasteiger partial charge in [0, 0.05) is 13.2 Å². The van der Waals surface area contributed by atoms with E-state index in [9.17, 15) is 4.39 Å². The molecule has 0 heterocycles. The molecular weight excluding hydrogens is 293 g/mol. The predicted octanol–water partition coefficient (Wildman–Crippen LogP) is 3.79. The Labute approximate surface area is 131 Å². The lowest BCUT2D eigenvalue weighted by Crippen LogP contribution is -2.45. The van der Waals surface area contributed by atoms with Gasteiger partial charge in [-0.25, -0.2) is 4.39 Å². The van der Waals surface area contributed by atoms with Gasteiger partial charge >= 0.3 is 0 Å². The van der Waals surface area contributed by atoms with E-state index in [-0.39, 0.29) is 17.4 Å². The molecule has 0 fully saturated rings. The highest BCUT2D eigenvalue weighted by atomic mass is 35.5. The Balaban J connectivity index is 2.81. The fraction of sp³-hybridized carbons (Fsp3) is 0.625. The third kappa shape index (κ3) is 6.30. The first kappa shape index (κ1) is 18.4. The molecule has 1 rings (SSSR count). The monoisotopic (exact) mass is 317 g/mol. The number of halogens is 2. The Morgan fingerprint density at radius 2 is 1.86 bits per heavy atom. The standard InChI is InChI=1S/C16H25ClFNO2/c1-4-9-19-15(16(20-5-2)21-6-3)11-12-7-8-13(17)14(18)10-12/h7-8,10,15-16,19H,4-6,9,11H2,1-3H3. The van der Waals surface area contributed by atoms with Crippen molar-refractivity contribution < 1.29 is 13.9 Å². The molecule has 1 atom stereocenters. The molecule has 21 heavy (non-hydrogen) atoms. The van der Waals surface area contributed by atoms with E-state index in [0.29, 0.717) is 19.6 Å². The van der Waals surface area contributed by atoms with Gasteiger partial charge in [-0.05, 0) is 50.9 Å². The molecule has 0 saturated carbocycles. The van der Waals surface area contributed by atoms with Crippen LogP contribution in [0.3, 0.4) is 0 Å². The van der Waals surface area contributed by atoms with Crippen LogP contribution in [0.4, 0.5) is 4.39 Å². The fourth-order valence-corrected chi connectivity index (χ4v) is 2.24. The van der Waals surface area contributed by atoms with Gasteiger partial charge in [-0.15, -0.1) is 0 Å². The Bertz CT molecular complexity index is 411. The molecule has 3 nitrogen and oxygen atoms in total. The number of rotatable bonds is 10. The Morgan fingerprint density at radius 3 is 2.38 bits per heavy atom. The first-order valence-corrected chi connectivity index (χ1v) is 7.90. The summed E-state index contributed by atoms with van der Waals surface area (Å²) in [6.45, 7) is 7.98. The fourth-order valence-electron chi connectivity index (χ4n) is 2.12. The van der Waals surface area contributed by atoms with Crippen molar-refractivity contribution in [2.75, 3.05) is 19.8 Å². The zero-order chi connectivity index (χ0) is 15.7. The third-order valence-electron chi connectivity index (χ3n) is 3.09. The summed E-state index contributed by atoms with van der Waals surface area (Å²) in [6, 6.07) is 4.86. The molecular formula is C16H25ClFNO2. The van der Waals surface area contributed by atoms with Gasteiger partial charge in [-0.3, -0.25) is 0 Å². The molecule has 0 bridgehead atoms. The van der Waals surface area contributed by atoms with Crippen molar-refractivity contribution in [1.29, 1.82) is 0 Å². The first-order valence-electron chi connectivity index (χ1n) is 7.52. The van der Waals surface area contributed by atoms with Crippen molar-refractivity contribution in [2.45, 2.75) is 45.9 Å². The number of hydrogen-bond acceptors (Lipinski definition) is 3. The molecule has 0 radical (unpaired) electrons. The van der Waals surface area contributed by atoms with Crippen molar-refractivity contribution in [1.82, 2.24) is 5.32 Å². The zero-order valence-corrected chi connectivity index (χ0v) is 13.8. The summed E-state index contributed by atoms with van der Waals surface area (Å²) < 4.78 is 24.9. The quantitative estimate of drug-likeness (QED) is 0.666. The number of hydrogen-bond donors (Lipinski definition) is 1. The van der Waals surface area contributed by atoms with E-state index < -0.39 is 5.82 Å². The molecule has 0 aliphatic heterocycles. The van der Waals surface area contributed by atoms with Gasteiger partial charge in [0.25, 0.3) is 0 Å². The highest BCUT2D eigenvalue weighted by molar-refractivity contribution is 6.30. The second-order valence-electron chi connectivity index (χ2n) is 4.79. The lowest BCUT2D eigenvalue weighted by Gasteiger charge is -2.28. The lowest BCUT2D eigenvalue weighted by molar-refractivity contribution is -0.153. The van der Waals surface area contributed by atoms with Gasteiger partial charge in [0.05, 0.1) is 11.1 Å². The van der Waals surface area contributed by atoms with Gasteiger partial charge in [0.2, 0.25) is 0 Å². The SMILES string of the molecule is CCCNC(Cc1ccc(Cl)c(F)c1)C(OCC)OCC. The van der Waals surface area contributed by atoms with Crippen molar-refractivity contribution in [3.8, 4) is 0 Å². The van der Waals surface area contributed by atoms with Crippen LogP contribution >= 0.6 is 11.6 Å². The van der Waals surface area contributed by atoms with E-state index >= 15 is 0 Å². The maximum Gasteiger partial charge on any atom is 0.172 e. The van der Waals surface area contributed by atoms with Crippen molar-refractivity contribution in [3.63, 3.8) is 0 Å². The smallest absolute Gasteiger partial charge is 0.172 e. The van der Waals surface area contributed by atoms with Gasteiger partial charge in [0.15, 0.2) is 6.29 Å². The van der Waals surface area contributed by atoms with E-state index in [1.165, 1.54) is 6.07 Å². The molecule has 120 valence electrons. The minimum Gasteiger partial charge on any atom is -0.351 e. The van der Waals surface area contributed by atoms with E-state index in [0.717, 1.165) is 18.5 Å². The Hall–Kier alpha value is -0.680. The predicted molar refractivity (Wildman–Crippen MR) is 84.2 cm³/mol. The summed E-state index contributed by atoms with van der Waals surface area (Å²) in [7, 11) is 0. The Morgan fingerprint density at radius 1 is 1.19 bits per heavy atom. The zero-order valence-electron chi connectivity index (χ0n) is 13.0. The van der Waals surface area contributed by atoms with Gasteiger partial charge in [0.1, 0.15) is 5.82 Å². The minimum atomic E-state index is -0.396. The second kappa shape index (κ2) is 10.1. The molecule has 1 aromatic rings. The Kier molecular flexibility index (Phi) is 8.85. The lowest BCUT2D eigenvalue weighted by atomic mass is 10.0. The third-order valence-corrected chi connectivity index (χ3v) is 3.39. The van der Waals surface area contributed by atoms with Crippen LogP contribution < -0.4 is 5.32 Å². The maximum atomic E-state index is 13.6.